The molecule has 1 aromatic carbocycles. The predicted molar refractivity (Wildman–Crippen MR) is 66.0 cm³/mol. The molecule has 17 heavy (non-hydrogen) atoms. The van der Waals surface area contributed by atoms with E-state index in [1.165, 1.54) is 12.1 Å². The first kappa shape index (κ1) is 13.5. The quantitative estimate of drug-likeness (QED) is 0.865. The predicted octanol–water partition coefficient (Wildman–Crippen LogP) is 2.10. The Balaban J connectivity index is 2.62. The van der Waals surface area contributed by atoms with Gasteiger partial charge in [0, 0.05) is 6.07 Å². The van der Waals surface area contributed by atoms with Crippen LogP contribution in [0.4, 0.5) is 4.39 Å². The van der Waals surface area contributed by atoms with Gasteiger partial charge in [-0.2, -0.15) is 0 Å². The molecule has 0 radical (unpaired) electrons. The molecular weight excluding hydrogens is 289 g/mol. The van der Waals surface area contributed by atoms with Gasteiger partial charge in [0.2, 0.25) is 0 Å². The minimum atomic E-state index is -0.732. The monoisotopic (exact) mass is 299 g/mol. The maximum atomic E-state index is 13.2. The second-order valence-electron chi connectivity index (χ2n) is 3.26. The molecule has 0 saturated carbocycles. The highest BCUT2D eigenvalue weighted by Gasteiger charge is 2.14. The first-order valence-corrected chi connectivity index (χ1v) is 5.66. The summed E-state index contributed by atoms with van der Waals surface area (Å²) in [5, 5.41) is 2.48. The Bertz CT molecular complexity index is 456. The Kier molecular flexibility index (Phi) is 4.98. The fraction of sp³-hybridized carbons (Fsp3) is 0.250. The molecule has 0 aliphatic heterocycles. The molecule has 1 rings (SSSR count). The number of nitrogens with one attached hydrogen (secondary N) is 1. The average Bonchev–Trinajstić information content (AvgIpc) is 2.30. The van der Waals surface area contributed by atoms with Crippen LogP contribution in [0.15, 0.2) is 22.7 Å². The normalized spacial score (nSPS) is 11.4. The molecule has 1 amide bonds. The van der Waals surface area contributed by atoms with Crippen LogP contribution in [0.25, 0.3) is 0 Å². The van der Waals surface area contributed by atoms with Gasteiger partial charge in [0.1, 0.15) is 11.6 Å². The van der Waals surface area contributed by atoms with Gasteiger partial charge >= 0.3 is 0 Å². The molecule has 1 N–H and O–H groups in total. The Morgan fingerprint density at radius 1 is 1.71 bits per heavy atom. The summed E-state index contributed by atoms with van der Waals surface area (Å²) in [4.78, 5) is 11.4. The standard InChI is InChI=1S/C12H11BrFNO2/c1-3-6-15-12(16)8(2)17-9-4-5-10(13)11(14)7-9/h1,4-5,7-8H,6H2,2H3,(H,15,16). The minimum Gasteiger partial charge on any atom is -0.481 e. The molecule has 0 saturated heterocycles. The smallest absolute Gasteiger partial charge is 0.261 e. The summed E-state index contributed by atoms with van der Waals surface area (Å²) in [5.41, 5.74) is 0. The van der Waals surface area contributed by atoms with E-state index in [1.807, 2.05) is 0 Å². The van der Waals surface area contributed by atoms with Crippen LogP contribution in [-0.2, 0) is 4.79 Å². The van der Waals surface area contributed by atoms with Gasteiger partial charge in [-0.05, 0) is 35.0 Å². The van der Waals surface area contributed by atoms with E-state index in [2.05, 4.69) is 27.2 Å². The van der Waals surface area contributed by atoms with Gasteiger partial charge in [-0.1, -0.05) is 5.92 Å². The van der Waals surface area contributed by atoms with Gasteiger partial charge < -0.3 is 10.1 Å². The van der Waals surface area contributed by atoms with Crippen molar-refractivity contribution in [2.24, 2.45) is 0 Å². The Labute approximate surface area is 107 Å². The number of carbonyl (C=O) groups excluding carboxylic acids is 1. The second-order valence-corrected chi connectivity index (χ2v) is 4.11. The zero-order valence-electron chi connectivity index (χ0n) is 9.17. The number of terminal acetylenes is 1. The first-order valence-electron chi connectivity index (χ1n) is 4.87. The topological polar surface area (TPSA) is 38.3 Å². The second kappa shape index (κ2) is 6.26. The van der Waals surface area contributed by atoms with Gasteiger partial charge in [-0.25, -0.2) is 4.39 Å². The molecule has 3 nitrogen and oxygen atoms in total. The number of ether oxygens (including phenoxy) is 1. The number of halogens is 2. The van der Waals surface area contributed by atoms with Crippen molar-refractivity contribution in [2.75, 3.05) is 6.54 Å². The lowest BCUT2D eigenvalue weighted by Gasteiger charge is -2.13. The minimum absolute atomic E-state index is 0.140. The van der Waals surface area contributed by atoms with Crippen molar-refractivity contribution in [3.05, 3.63) is 28.5 Å². The summed E-state index contributed by atoms with van der Waals surface area (Å²) >= 11 is 3.03. The molecule has 0 aliphatic rings. The van der Waals surface area contributed by atoms with Gasteiger partial charge in [-0.3, -0.25) is 4.79 Å². The molecule has 0 aliphatic carbocycles. The number of benzene rings is 1. The Morgan fingerprint density at radius 3 is 3.00 bits per heavy atom. The number of carbonyl (C=O) groups is 1. The molecule has 5 heteroatoms. The summed E-state index contributed by atoms with van der Waals surface area (Å²) in [6, 6.07) is 4.28. The van der Waals surface area contributed by atoms with E-state index in [0.29, 0.717) is 4.47 Å². The van der Waals surface area contributed by atoms with Crippen molar-refractivity contribution in [3.63, 3.8) is 0 Å². The number of amides is 1. The van der Waals surface area contributed by atoms with Crippen molar-refractivity contribution < 1.29 is 13.9 Å². The number of hydrogen-bond donors (Lipinski definition) is 1. The SMILES string of the molecule is C#CCNC(=O)C(C)Oc1ccc(Br)c(F)c1. The van der Waals surface area contributed by atoms with Crippen molar-refractivity contribution in [1.29, 1.82) is 0 Å². The van der Waals surface area contributed by atoms with E-state index in [9.17, 15) is 9.18 Å². The summed E-state index contributed by atoms with van der Waals surface area (Å²) in [7, 11) is 0. The highest BCUT2D eigenvalue weighted by molar-refractivity contribution is 9.10. The lowest BCUT2D eigenvalue weighted by molar-refractivity contribution is -0.127. The highest BCUT2D eigenvalue weighted by Crippen LogP contribution is 2.21. The molecule has 90 valence electrons. The van der Waals surface area contributed by atoms with Crippen LogP contribution >= 0.6 is 15.9 Å². The zero-order chi connectivity index (χ0) is 12.8. The third-order valence-corrected chi connectivity index (χ3v) is 2.58. The lowest BCUT2D eigenvalue weighted by atomic mass is 10.3. The number of hydrogen-bond acceptors (Lipinski definition) is 2. The van der Waals surface area contributed by atoms with Gasteiger partial charge in [0.15, 0.2) is 6.10 Å². The summed E-state index contributed by atoms with van der Waals surface area (Å²) in [5.74, 6) is 1.78. The van der Waals surface area contributed by atoms with Crippen LogP contribution in [0.1, 0.15) is 6.92 Å². The maximum Gasteiger partial charge on any atom is 0.261 e. The van der Waals surface area contributed by atoms with Crippen LogP contribution in [0.3, 0.4) is 0 Å². The van der Waals surface area contributed by atoms with Crippen molar-refractivity contribution in [3.8, 4) is 18.1 Å². The van der Waals surface area contributed by atoms with Crippen LogP contribution in [0, 0.1) is 18.2 Å². The number of rotatable bonds is 4. The Hall–Kier alpha value is -1.54. The highest BCUT2D eigenvalue weighted by atomic mass is 79.9. The molecule has 0 aromatic heterocycles. The van der Waals surface area contributed by atoms with Crippen LogP contribution in [0.5, 0.6) is 5.75 Å². The van der Waals surface area contributed by atoms with Crippen LogP contribution in [-0.4, -0.2) is 18.6 Å². The van der Waals surface area contributed by atoms with Crippen LogP contribution < -0.4 is 10.1 Å². The van der Waals surface area contributed by atoms with Gasteiger partial charge in [-0.15, -0.1) is 6.42 Å². The maximum absolute atomic E-state index is 13.2. The molecule has 0 heterocycles. The molecule has 1 unspecified atom stereocenters. The fourth-order valence-electron chi connectivity index (χ4n) is 1.09. The van der Waals surface area contributed by atoms with E-state index in [4.69, 9.17) is 11.2 Å². The fourth-order valence-corrected chi connectivity index (χ4v) is 1.34. The summed E-state index contributed by atoms with van der Waals surface area (Å²) in [6.07, 6.45) is 4.27. The lowest BCUT2D eigenvalue weighted by Crippen LogP contribution is -2.36. The van der Waals surface area contributed by atoms with Gasteiger partial charge in [0.05, 0.1) is 11.0 Å². The molecule has 1 aromatic rings. The Morgan fingerprint density at radius 2 is 2.41 bits per heavy atom. The van der Waals surface area contributed by atoms with E-state index < -0.39 is 11.9 Å². The largest absolute Gasteiger partial charge is 0.481 e. The van der Waals surface area contributed by atoms with Crippen molar-refractivity contribution >= 4 is 21.8 Å². The van der Waals surface area contributed by atoms with E-state index >= 15 is 0 Å². The molecule has 0 fully saturated rings. The van der Waals surface area contributed by atoms with E-state index in [0.717, 1.165) is 0 Å². The van der Waals surface area contributed by atoms with Crippen LogP contribution in [0.2, 0.25) is 0 Å². The molecular formula is C12H11BrFNO2. The van der Waals surface area contributed by atoms with Crippen molar-refractivity contribution in [2.45, 2.75) is 13.0 Å². The first-order chi connectivity index (χ1) is 8.04. The summed E-state index contributed by atoms with van der Waals surface area (Å²) < 4.78 is 18.8. The molecule has 0 spiro atoms. The third-order valence-electron chi connectivity index (χ3n) is 1.94. The molecule has 1 atom stereocenters. The average molecular weight is 300 g/mol. The van der Waals surface area contributed by atoms with Gasteiger partial charge in [0.25, 0.3) is 5.91 Å². The summed E-state index contributed by atoms with van der Waals surface area (Å²) in [6.45, 7) is 1.70. The van der Waals surface area contributed by atoms with E-state index in [-0.39, 0.29) is 18.2 Å². The van der Waals surface area contributed by atoms with E-state index in [1.54, 1.807) is 13.0 Å². The third kappa shape index (κ3) is 4.08. The van der Waals surface area contributed by atoms with Crippen molar-refractivity contribution in [1.82, 2.24) is 5.32 Å². The zero-order valence-corrected chi connectivity index (χ0v) is 10.8. The molecule has 0 bridgehead atoms.